The van der Waals surface area contributed by atoms with Crippen LogP contribution >= 0.6 is 0 Å². The van der Waals surface area contributed by atoms with Crippen molar-refractivity contribution < 1.29 is 4.79 Å². The highest BCUT2D eigenvalue weighted by molar-refractivity contribution is 5.98. The first-order valence-corrected chi connectivity index (χ1v) is 8.79. The quantitative estimate of drug-likeness (QED) is 0.739. The van der Waals surface area contributed by atoms with Gasteiger partial charge in [0, 0.05) is 36.5 Å². The molecule has 1 aliphatic carbocycles. The van der Waals surface area contributed by atoms with Crippen LogP contribution < -0.4 is 10.6 Å². The zero-order chi connectivity index (χ0) is 18.1. The molecule has 0 saturated heterocycles. The first-order chi connectivity index (χ1) is 12.6. The van der Waals surface area contributed by atoms with Crippen molar-refractivity contribution in [1.29, 1.82) is 0 Å². The molecule has 2 heterocycles. The fourth-order valence-corrected chi connectivity index (χ4v) is 3.06. The van der Waals surface area contributed by atoms with Crippen LogP contribution in [-0.2, 0) is 13.6 Å². The van der Waals surface area contributed by atoms with Gasteiger partial charge in [0.25, 0.3) is 0 Å². The molecule has 0 aliphatic heterocycles. The maximum Gasteiger partial charge on any atom is 0.326 e. The fraction of sp³-hybridized carbons (Fsp3) is 0.316. The smallest absolute Gasteiger partial charge is 0.291 e. The molecule has 7 nitrogen and oxygen atoms in total. The van der Waals surface area contributed by atoms with Crippen LogP contribution in [-0.4, -0.2) is 25.6 Å². The van der Waals surface area contributed by atoms with E-state index in [0.29, 0.717) is 24.1 Å². The molecule has 7 heteroatoms. The van der Waals surface area contributed by atoms with Crippen LogP contribution in [0, 0.1) is 6.92 Å². The number of aryl methyl sites for hydroxylation is 2. The minimum absolute atomic E-state index is 0.338. The standard InChI is InChI=1S/C19H22N6O/c1-13-10-17(23-25(13)12-14-6-4-3-5-7-14)20-19(26)21-18-11-16(15-8-9-15)24(2)22-18/h3-7,10-11,15H,8-9,12H2,1-2H3,(H2,20,21,22,23,26). The predicted molar refractivity (Wildman–Crippen MR) is 100 cm³/mol. The first-order valence-electron chi connectivity index (χ1n) is 8.79. The third kappa shape index (κ3) is 3.61. The van der Waals surface area contributed by atoms with Gasteiger partial charge in [-0.2, -0.15) is 10.2 Å². The fourth-order valence-electron chi connectivity index (χ4n) is 3.06. The molecule has 2 N–H and O–H groups in total. The zero-order valence-electron chi connectivity index (χ0n) is 14.9. The van der Waals surface area contributed by atoms with Crippen LogP contribution in [0.4, 0.5) is 16.4 Å². The number of urea groups is 1. The molecule has 4 rings (SSSR count). The normalized spacial score (nSPS) is 13.6. The van der Waals surface area contributed by atoms with Crippen molar-refractivity contribution in [2.75, 3.05) is 10.6 Å². The molecule has 0 bridgehead atoms. The van der Waals surface area contributed by atoms with Crippen LogP contribution in [0.5, 0.6) is 0 Å². The number of anilines is 2. The predicted octanol–water partition coefficient (Wildman–Crippen LogP) is 3.49. The average Bonchev–Trinajstić information content (AvgIpc) is 3.31. The minimum atomic E-state index is -0.338. The molecular formula is C19H22N6O. The van der Waals surface area contributed by atoms with E-state index in [1.807, 2.05) is 53.7 Å². The number of carbonyl (C=O) groups excluding carboxylic acids is 1. The topological polar surface area (TPSA) is 76.8 Å². The molecule has 3 aromatic rings. The Bertz CT molecular complexity index is 923. The van der Waals surface area contributed by atoms with Crippen molar-refractivity contribution in [3.05, 3.63) is 59.4 Å². The van der Waals surface area contributed by atoms with Crippen molar-refractivity contribution in [3.63, 3.8) is 0 Å². The lowest BCUT2D eigenvalue weighted by atomic mass is 10.2. The van der Waals surface area contributed by atoms with Gasteiger partial charge in [0.1, 0.15) is 0 Å². The average molecular weight is 350 g/mol. The van der Waals surface area contributed by atoms with Gasteiger partial charge in [0.15, 0.2) is 11.6 Å². The van der Waals surface area contributed by atoms with Crippen molar-refractivity contribution >= 4 is 17.7 Å². The van der Waals surface area contributed by atoms with E-state index in [-0.39, 0.29) is 6.03 Å². The largest absolute Gasteiger partial charge is 0.326 e. The maximum absolute atomic E-state index is 12.2. The molecule has 1 saturated carbocycles. The summed E-state index contributed by atoms with van der Waals surface area (Å²) in [5.41, 5.74) is 3.32. The van der Waals surface area contributed by atoms with Crippen LogP contribution in [0.2, 0.25) is 0 Å². The lowest BCUT2D eigenvalue weighted by molar-refractivity contribution is 0.262. The number of benzene rings is 1. The molecule has 0 radical (unpaired) electrons. The van der Waals surface area contributed by atoms with Gasteiger partial charge in [-0.25, -0.2) is 4.79 Å². The van der Waals surface area contributed by atoms with Crippen LogP contribution in [0.25, 0.3) is 0 Å². The molecule has 1 fully saturated rings. The number of hydrogen-bond donors (Lipinski definition) is 2. The first kappa shape index (κ1) is 16.4. The number of amides is 2. The van der Waals surface area contributed by atoms with Crippen molar-refractivity contribution in [1.82, 2.24) is 19.6 Å². The van der Waals surface area contributed by atoms with Gasteiger partial charge in [0.2, 0.25) is 0 Å². The van der Waals surface area contributed by atoms with E-state index in [4.69, 9.17) is 0 Å². The molecule has 2 aromatic heterocycles. The van der Waals surface area contributed by atoms with Gasteiger partial charge in [-0.1, -0.05) is 30.3 Å². The summed E-state index contributed by atoms with van der Waals surface area (Å²) in [7, 11) is 1.91. The highest BCUT2D eigenvalue weighted by atomic mass is 16.2. The Hall–Kier alpha value is -3.09. The molecular weight excluding hydrogens is 328 g/mol. The summed E-state index contributed by atoms with van der Waals surface area (Å²) in [5.74, 6) is 1.67. The van der Waals surface area contributed by atoms with E-state index < -0.39 is 0 Å². The summed E-state index contributed by atoms with van der Waals surface area (Å²) in [6.45, 7) is 2.64. The van der Waals surface area contributed by atoms with E-state index in [9.17, 15) is 4.79 Å². The summed E-state index contributed by atoms with van der Waals surface area (Å²) in [4.78, 5) is 12.2. The van der Waals surface area contributed by atoms with E-state index in [2.05, 4.69) is 33.0 Å². The highest BCUT2D eigenvalue weighted by Crippen LogP contribution is 2.40. The lowest BCUT2D eigenvalue weighted by Gasteiger charge is -2.04. The molecule has 2 amide bonds. The number of nitrogens with one attached hydrogen (secondary N) is 2. The SMILES string of the molecule is Cc1cc(NC(=O)Nc2cc(C3CC3)n(C)n2)nn1Cc1ccccc1. The molecule has 134 valence electrons. The molecule has 1 aliphatic rings. The number of hydrogen-bond acceptors (Lipinski definition) is 3. The molecule has 1 aromatic carbocycles. The van der Waals surface area contributed by atoms with E-state index >= 15 is 0 Å². The Morgan fingerprint density at radius 1 is 1.12 bits per heavy atom. The Morgan fingerprint density at radius 2 is 1.81 bits per heavy atom. The van der Waals surface area contributed by atoms with E-state index in [1.165, 1.54) is 18.5 Å². The summed E-state index contributed by atoms with van der Waals surface area (Å²) in [5, 5.41) is 14.4. The Morgan fingerprint density at radius 3 is 2.50 bits per heavy atom. The molecule has 0 spiro atoms. The number of carbonyl (C=O) groups is 1. The second kappa shape index (κ2) is 6.67. The minimum Gasteiger partial charge on any atom is -0.291 e. The number of nitrogens with zero attached hydrogens (tertiary/aromatic N) is 4. The second-order valence-corrected chi connectivity index (χ2v) is 6.75. The van der Waals surface area contributed by atoms with Crippen molar-refractivity contribution in [2.24, 2.45) is 7.05 Å². The van der Waals surface area contributed by atoms with Gasteiger partial charge < -0.3 is 0 Å². The van der Waals surface area contributed by atoms with Gasteiger partial charge in [-0.3, -0.25) is 20.0 Å². The van der Waals surface area contributed by atoms with Crippen LogP contribution in [0.15, 0.2) is 42.5 Å². The van der Waals surface area contributed by atoms with Crippen LogP contribution in [0.1, 0.15) is 35.7 Å². The molecule has 0 atom stereocenters. The Kier molecular flexibility index (Phi) is 4.20. The number of aromatic nitrogens is 4. The summed E-state index contributed by atoms with van der Waals surface area (Å²) in [6, 6.07) is 13.6. The van der Waals surface area contributed by atoms with E-state index in [1.54, 1.807) is 0 Å². The van der Waals surface area contributed by atoms with Gasteiger partial charge >= 0.3 is 6.03 Å². The zero-order valence-corrected chi connectivity index (χ0v) is 14.9. The van der Waals surface area contributed by atoms with Gasteiger partial charge in [-0.15, -0.1) is 0 Å². The molecule has 26 heavy (non-hydrogen) atoms. The Balaban J connectivity index is 1.40. The molecule has 0 unspecified atom stereocenters. The summed E-state index contributed by atoms with van der Waals surface area (Å²) < 4.78 is 3.71. The number of rotatable bonds is 5. The third-order valence-corrected chi connectivity index (χ3v) is 4.55. The second-order valence-electron chi connectivity index (χ2n) is 6.75. The van der Waals surface area contributed by atoms with Gasteiger partial charge in [0.05, 0.1) is 6.54 Å². The van der Waals surface area contributed by atoms with Crippen molar-refractivity contribution in [3.8, 4) is 0 Å². The maximum atomic E-state index is 12.2. The van der Waals surface area contributed by atoms with Crippen molar-refractivity contribution in [2.45, 2.75) is 32.2 Å². The van der Waals surface area contributed by atoms with Crippen LogP contribution in [0.3, 0.4) is 0 Å². The van der Waals surface area contributed by atoms with E-state index in [0.717, 1.165) is 11.3 Å². The van der Waals surface area contributed by atoms with Gasteiger partial charge in [-0.05, 0) is 25.3 Å². The highest BCUT2D eigenvalue weighted by Gasteiger charge is 2.27. The summed E-state index contributed by atoms with van der Waals surface area (Å²) in [6.07, 6.45) is 2.40. The summed E-state index contributed by atoms with van der Waals surface area (Å²) >= 11 is 0. The monoisotopic (exact) mass is 350 g/mol. The lowest BCUT2D eigenvalue weighted by Crippen LogP contribution is -2.20. The Labute approximate surface area is 152 Å². The third-order valence-electron chi connectivity index (χ3n) is 4.55.